The van der Waals surface area contributed by atoms with Gasteiger partial charge in [-0.15, -0.1) is 0 Å². The Bertz CT molecular complexity index is 403. The predicted molar refractivity (Wildman–Crippen MR) is 75.4 cm³/mol. The molecule has 2 rings (SSSR count). The number of hydrogen-bond acceptors (Lipinski definition) is 2. The third kappa shape index (κ3) is 1.99. The van der Waals surface area contributed by atoms with E-state index in [1.165, 1.54) is 12.1 Å². The molecule has 102 valence electrons. The summed E-state index contributed by atoms with van der Waals surface area (Å²) in [7, 11) is 4.12. The Morgan fingerprint density at radius 2 is 1.94 bits per heavy atom. The van der Waals surface area contributed by atoms with E-state index in [0.29, 0.717) is 16.9 Å². The van der Waals surface area contributed by atoms with Gasteiger partial charge in [-0.25, -0.2) is 0 Å². The summed E-state index contributed by atoms with van der Waals surface area (Å²) in [6, 6.07) is 2.72. The van der Waals surface area contributed by atoms with Gasteiger partial charge in [-0.1, -0.05) is 27.7 Å². The summed E-state index contributed by atoms with van der Waals surface area (Å²) in [5.74, 6) is 0.767. The molecule has 0 radical (unpaired) electrons. The molecule has 0 amide bonds. The van der Waals surface area contributed by atoms with E-state index >= 15 is 0 Å². The largest absolute Gasteiger partial charge is 0.317 e. The van der Waals surface area contributed by atoms with Gasteiger partial charge < -0.3 is 5.32 Å². The zero-order chi connectivity index (χ0) is 13.6. The lowest BCUT2D eigenvalue weighted by atomic mass is 9.99. The van der Waals surface area contributed by atoms with Crippen LogP contribution in [-0.2, 0) is 13.5 Å². The molecule has 1 aliphatic carbocycles. The van der Waals surface area contributed by atoms with Gasteiger partial charge in [-0.3, -0.25) is 4.68 Å². The van der Waals surface area contributed by atoms with Crippen molar-refractivity contribution in [1.29, 1.82) is 0 Å². The summed E-state index contributed by atoms with van der Waals surface area (Å²) >= 11 is 0. The molecule has 3 heteroatoms. The van der Waals surface area contributed by atoms with Gasteiger partial charge in [0, 0.05) is 25.0 Å². The smallest absolute Gasteiger partial charge is 0.0492 e. The third-order valence-corrected chi connectivity index (χ3v) is 5.54. The Morgan fingerprint density at radius 3 is 2.33 bits per heavy atom. The first-order valence-electron chi connectivity index (χ1n) is 6.96. The molecule has 1 aromatic rings. The van der Waals surface area contributed by atoms with Crippen LogP contribution < -0.4 is 5.32 Å². The Labute approximate surface area is 111 Å². The molecule has 0 aromatic carbocycles. The van der Waals surface area contributed by atoms with Crippen molar-refractivity contribution in [3.05, 3.63) is 18.0 Å². The van der Waals surface area contributed by atoms with Gasteiger partial charge in [-0.05, 0) is 42.7 Å². The van der Waals surface area contributed by atoms with E-state index in [1.54, 1.807) is 0 Å². The molecule has 18 heavy (non-hydrogen) atoms. The third-order valence-electron chi connectivity index (χ3n) is 5.54. The van der Waals surface area contributed by atoms with Gasteiger partial charge in [0.15, 0.2) is 0 Å². The molecule has 0 bridgehead atoms. The van der Waals surface area contributed by atoms with Crippen molar-refractivity contribution in [3.8, 4) is 0 Å². The van der Waals surface area contributed by atoms with Crippen molar-refractivity contribution in [3.63, 3.8) is 0 Å². The summed E-state index contributed by atoms with van der Waals surface area (Å²) in [5, 5.41) is 7.76. The van der Waals surface area contributed by atoms with Crippen LogP contribution in [0.5, 0.6) is 0 Å². The Morgan fingerprint density at radius 1 is 1.33 bits per heavy atom. The fraction of sp³-hybridized carbons (Fsp3) is 0.800. The lowest BCUT2D eigenvalue weighted by Crippen LogP contribution is -2.31. The first-order valence-corrected chi connectivity index (χ1v) is 6.96. The summed E-state index contributed by atoms with van der Waals surface area (Å²) < 4.78 is 1.98. The monoisotopic (exact) mass is 249 g/mol. The molecular weight excluding hydrogens is 222 g/mol. The second-order valence-corrected chi connectivity index (χ2v) is 6.80. The van der Waals surface area contributed by atoms with Crippen LogP contribution in [0.3, 0.4) is 0 Å². The number of rotatable bonds is 5. The quantitative estimate of drug-likeness (QED) is 0.869. The van der Waals surface area contributed by atoms with Crippen molar-refractivity contribution < 1.29 is 0 Å². The molecular formula is C15H27N3. The fourth-order valence-electron chi connectivity index (χ4n) is 3.68. The highest BCUT2D eigenvalue weighted by Gasteiger charge is 2.66. The topological polar surface area (TPSA) is 29.9 Å². The molecule has 1 N–H and O–H groups in total. The van der Waals surface area contributed by atoms with Crippen molar-refractivity contribution in [2.45, 2.75) is 46.6 Å². The summed E-state index contributed by atoms with van der Waals surface area (Å²) in [4.78, 5) is 0. The minimum absolute atomic E-state index is 0.452. The van der Waals surface area contributed by atoms with Crippen LogP contribution in [0.1, 0.15) is 39.8 Å². The number of hydrogen-bond donors (Lipinski definition) is 1. The van der Waals surface area contributed by atoms with Crippen LogP contribution in [0, 0.1) is 16.7 Å². The lowest BCUT2D eigenvalue weighted by Gasteiger charge is -2.18. The van der Waals surface area contributed by atoms with Crippen LogP contribution in [0.2, 0.25) is 0 Å². The van der Waals surface area contributed by atoms with Gasteiger partial charge in [0.25, 0.3) is 0 Å². The molecule has 1 aliphatic rings. The average molecular weight is 249 g/mol. The normalized spacial score (nSPS) is 23.0. The standard InChI is InChI=1S/C15H27N3/c1-14(2)13(15(14,3)4)12(16-5)8-7-11-9-10-17-18(11)6/h9-10,12-13,16H,7-8H2,1-6H3. The molecule has 1 heterocycles. The van der Waals surface area contributed by atoms with E-state index in [1.807, 2.05) is 17.9 Å². The zero-order valence-electron chi connectivity index (χ0n) is 12.6. The van der Waals surface area contributed by atoms with Crippen LogP contribution in [0.4, 0.5) is 0 Å². The highest BCUT2D eigenvalue weighted by atomic mass is 15.2. The second kappa shape index (κ2) is 4.37. The highest BCUT2D eigenvalue weighted by molar-refractivity contribution is 5.16. The van der Waals surface area contributed by atoms with Crippen LogP contribution >= 0.6 is 0 Å². The summed E-state index contributed by atoms with van der Waals surface area (Å²) in [5.41, 5.74) is 2.23. The van der Waals surface area contributed by atoms with E-state index in [0.717, 1.165) is 12.3 Å². The van der Waals surface area contributed by atoms with Crippen molar-refractivity contribution in [2.24, 2.45) is 23.8 Å². The molecule has 0 saturated heterocycles. The van der Waals surface area contributed by atoms with Crippen LogP contribution in [0.15, 0.2) is 12.3 Å². The molecule has 3 nitrogen and oxygen atoms in total. The Kier molecular flexibility index (Phi) is 3.30. The maximum atomic E-state index is 4.23. The summed E-state index contributed by atoms with van der Waals surface area (Å²) in [6.45, 7) is 9.58. The number of aromatic nitrogens is 2. The lowest BCUT2D eigenvalue weighted by molar-refractivity contribution is 0.397. The minimum Gasteiger partial charge on any atom is -0.317 e. The van der Waals surface area contributed by atoms with Crippen LogP contribution in [-0.4, -0.2) is 22.9 Å². The van der Waals surface area contributed by atoms with E-state index in [-0.39, 0.29) is 0 Å². The highest BCUT2D eigenvalue weighted by Crippen LogP contribution is 2.69. The number of nitrogens with zero attached hydrogens (tertiary/aromatic N) is 2. The summed E-state index contributed by atoms with van der Waals surface area (Å²) in [6.07, 6.45) is 4.17. The molecule has 0 aliphatic heterocycles. The van der Waals surface area contributed by atoms with Gasteiger partial charge in [0.2, 0.25) is 0 Å². The van der Waals surface area contributed by atoms with E-state index in [4.69, 9.17) is 0 Å². The van der Waals surface area contributed by atoms with Gasteiger partial charge >= 0.3 is 0 Å². The van der Waals surface area contributed by atoms with E-state index in [2.05, 4.69) is 51.2 Å². The van der Waals surface area contributed by atoms with Gasteiger partial charge in [0.05, 0.1) is 0 Å². The molecule has 1 atom stereocenters. The van der Waals surface area contributed by atoms with Crippen molar-refractivity contribution in [2.75, 3.05) is 7.05 Å². The molecule has 0 spiro atoms. The average Bonchev–Trinajstić information content (AvgIpc) is 2.63. The van der Waals surface area contributed by atoms with Gasteiger partial charge in [0.1, 0.15) is 0 Å². The van der Waals surface area contributed by atoms with Crippen molar-refractivity contribution in [1.82, 2.24) is 15.1 Å². The zero-order valence-corrected chi connectivity index (χ0v) is 12.6. The Balaban J connectivity index is 1.98. The predicted octanol–water partition coefficient (Wildman–Crippen LogP) is 2.62. The molecule has 1 saturated carbocycles. The molecule has 1 unspecified atom stereocenters. The van der Waals surface area contributed by atoms with E-state index in [9.17, 15) is 0 Å². The maximum Gasteiger partial charge on any atom is 0.0492 e. The minimum atomic E-state index is 0.452. The van der Waals surface area contributed by atoms with Crippen molar-refractivity contribution >= 4 is 0 Å². The van der Waals surface area contributed by atoms with E-state index < -0.39 is 0 Å². The SMILES string of the molecule is CNC(CCc1ccnn1C)C1C(C)(C)C1(C)C. The first-order chi connectivity index (χ1) is 8.32. The molecule has 1 aromatic heterocycles. The number of aryl methyl sites for hydroxylation is 2. The fourth-order valence-corrected chi connectivity index (χ4v) is 3.68. The molecule has 1 fully saturated rings. The Hall–Kier alpha value is -0.830. The first kappa shape index (κ1) is 13.6. The van der Waals surface area contributed by atoms with Crippen LogP contribution in [0.25, 0.3) is 0 Å². The second-order valence-electron chi connectivity index (χ2n) is 6.80. The maximum absolute atomic E-state index is 4.23. The number of nitrogens with one attached hydrogen (secondary N) is 1. The van der Waals surface area contributed by atoms with Gasteiger partial charge in [-0.2, -0.15) is 5.10 Å².